The molecule has 0 radical (unpaired) electrons. The second-order valence-corrected chi connectivity index (χ2v) is 4.65. The van der Waals surface area contributed by atoms with Gasteiger partial charge in [0, 0.05) is 5.54 Å². The highest BCUT2D eigenvalue weighted by Crippen LogP contribution is 2.25. The molecule has 2 N–H and O–H groups in total. The first kappa shape index (κ1) is 12.1. The average molecular weight is 207 g/mol. The lowest BCUT2D eigenvalue weighted by Crippen LogP contribution is -2.43. The van der Waals surface area contributed by atoms with E-state index in [1.165, 1.54) is 5.56 Å². The molecular formula is C13H21NO. The van der Waals surface area contributed by atoms with Gasteiger partial charge in [0.1, 0.15) is 5.75 Å². The Morgan fingerprint density at radius 1 is 1.33 bits per heavy atom. The lowest BCUT2D eigenvalue weighted by molar-refractivity contribution is 0.330. The fourth-order valence-corrected chi connectivity index (χ4v) is 1.46. The monoisotopic (exact) mass is 207 g/mol. The maximum absolute atomic E-state index is 6.26. The van der Waals surface area contributed by atoms with Gasteiger partial charge in [0.15, 0.2) is 0 Å². The van der Waals surface area contributed by atoms with Crippen LogP contribution in [0.2, 0.25) is 0 Å². The van der Waals surface area contributed by atoms with Crippen LogP contribution < -0.4 is 10.5 Å². The first-order chi connectivity index (χ1) is 6.97. The molecule has 0 saturated carbocycles. The van der Waals surface area contributed by atoms with Crippen LogP contribution in [-0.2, 0) is 6.42 Å². The highest BCUT2D eigenvalue weighted by atomic mass is 16.5. The minimum atomic E-state index is -0.186. The Balaban J connectivity index is 2.89. The third-order valence-electron chi connectivity index (χ3n) is 3.08. The quantitative estimate of drug-likeness (QED) is 0.823. The summed E-state index contributed by atoms with van der Waals surface area (Å²) in [5.41, 5.74) is 7.25. The summed E-state index contributed by atoms with van der Waals surface area (Å²) >= 11 is 0. The Hall–Kier alpha value is -1.02. The van der Waals surface area contributed by atoms with Gasteiger partial charge >= 0.3 is 0 Å². The van der Waals surface area contributed by atoms with Crippen LogP contribution in [0.3, 0.4) is 0 Å². The van der Waals surface area contributed by atoms with Crippen LogP contribution in [0.15, 0.2) is 24.3 Å². The maximum Gasteiger partial charge on any atom is 0.122 e. The van der Waals surface area contributed by atoms with Crippen LogP contribution in [0.1, 0.15) is 26.3 Å². The van der Waals surface area contributed by atoms with Crippen molar-refractivity contribution in [2.75, 3.05) is 7.11 Å². The van der Waals surface area contributed by atoms with Crippen molar-refractivity contribution in [1.29, 1.82) is 0 Å². The minimum Gasteiger partial charge on any atom is -0.496 e. The van der Waals surface area contributed by atoms with Crippen molar-refractivity contribution < 1.29 is 4.74 Å². The molecular weight excluding hydrogens is 186 g/mol. The third kappa shape index (κ3) is 2.96. The Kier molecular flexibility index (Phi) is 3.75. The number of methoxy groups -OCH3 is 1. The van der Waals surface area contributed by atoms with Crippen LogP contribution in [0, 0.1) is 5.92 Å². The molecule has 2 nitrogen and oxygen atoms in total. The van der Waals surface area contributed by atoms with Gasteiger partial charge in [-0.3, -0.25) is 0 Å². The number of benzene rings is 1. The van der Waals surface area contributed by atoms with E-state index in [2.05, 4.69) is 26.8 Å². The molecule has 1 aromatic carbocycles. The van der Waals surface area contributed by atoms with E-state index in [9.17, 15) is 0 Å². The molecule has 2 heteroatoms. The molecule has 0 amide bonds. The van der Waals surface area contributed by atoms with Gasteiger partial charge < -0.3 is 10.5 Å². The number of hydrogen-bond donors (Lipinski definition) is 1. The molecule has 84 valence electrons. The van der Waals surface area contributed by atoms with Gasteiger partial charge in [0.25, 0.3) is 0 Å². The fraction of sp³-hybridized carbons (Fsp3) is 0.538. The van der Waals surface area contributed by atoms with Crippen LogP contribution in [0.5, 0.6) is 5.75 Å². The molecule has 1 atom stereocenters. The van der Waals surface area contributed by atoms with Gasteiger partial charge in [0.2, 0.25) is 0 Å². The summed E-state index contributed by atoms with van der Waals surface area (Å²) in [6, 6.07) is 8.05. The molecule has 1 unspecified atom stereocenters. The summed E-state index contributed by atoms with van der Waals surface area (Å²) < 4.78 is 5.32. The van der Waals surface area contributed by atoms with E-state index in [0.717, 1.165) is 12.2 Å². The number of nitrogens with two attached hydrogens (primary N) is 1. The van der Waals surface area contributed by atoms with E-state index >= 15 is 0 Å². The Morgan fingerprint density at radius 2 is 1.93 bits per heavy atom. The fourth-order valence-electron chi connectivity index (χ4n) is 1.46. The van der Waals surface area contributed by atoms with Crippen molar-refractivity contribution >= 4 is 0 Å². The van der Waals surface area contributed by atoms with E-state index in [4.69, 9.17) is 10.5 Å². The van der Waals surface area contributed by atoms with Gasteiger partial charge in [0.05, 0.1) is 7.11 Å². The molecule has 0 heterocycles. The smallest absolute Gasteiger partial charge is 0.122 e. The van der Waals surface area contributed by atoms with E-state index < -0.39 is 0 Å². The largest absolute Gasteiger partial charge is 0.496 e. The van der Waals surface area contributed by atoms with Gasteiger partial charge in [-0.05, 0) is 30.9 Å². The highest BCUT2D eigenvalue weighted by molar-refractivity contribution is 5.34. The van der Waals surface area contributed by atoms with Crippen molar-refractivity contribution in [2.45, 2.75) is 32.7 Å². The van der Waals surface area contributed by atoms with Crippen molar-refractivity contribution in [1.82, 2.24) is 0 Å². The standard InChI is InChI=1S/C13H21NO/c1-10(2)13(3,14)9-11-7-5-6-8-12(11)15-4/h5-8,10H,9,14H2,1-4H3. The lowest BCUT2D eigenvalue weighted by atomic mass is 9.83. The van der Waals surface area contributed by atoms with Crippen molar-refractivity contribution in [3.05, 3.63) is 29.8 Å². The Labute approximate surface area is 92.4 Å². The van der Waals surface area contributed by atoms with Gasteiger partial charge in [-0.25, -0.2) is 0 Å². The van der Waals surface area contributed by atoms with Crippen molar-refractivity contribution in [3.8, 4) is 5.75 Å². The lowest BCUT2D eigenvalue weighted by Gasteiger charge is -2.29. The normalized spacial score (nSPS) is 15.1. The van der Waals surface area contributed by atoms with Crippen LogP contribution >= 0.6 is 0 Å². The molecule has 0 aliphatic heterocycles. The second-order valence-electron chi connectivity index (χ2n) is 4.65. The van der Waals surface area contributed by atoms with E-state index in [0.29, 0.717) is 5.92 Å². The van der Waals surface area contributed by atoms with Gasteiger partial charge in [-0.2, -0.15) is 0 Å². The van der Waals surface area contributed by atoms with E-state index in [1.54, 1.807) is 7.11 Å². The molecule has 0 saturated heterocycles. The first-order valence-electron chi connectivity index (χ1n) is 5.38. The Bertz CT molecular complexity index is 318. The topological polar surface area (TPSA) is 35.2 Å². The summed E-state index contributed by atoms with van der Waals surface area (Å²) in [6.45, 7) is 6.38. The van der Waals surface area contributed by atoms with Crippen molar-refractivity contribution in [3.63, 3.8) is 0 Å². The van der Waals surface area contributed by atoms with Gasteiger partial charge in [-0.1, -0.05) is 32.0 Å². The third-order valence-corrected chi connectivity index (χ3v) is 3.08. The molecule has 0 aliphatic rings. The summed E-state index contributed by atoms with van der Waals surface area (Å²) in [4.78, 5) is 0. The maximum atomic E-state index is 6.26. The van der Waals surface area contributed by atoms with E-state index in [-0.39, 0.29) is 5.54 Å². The highest BCUT2D eigenvalue weighted by Gasteiger charge is 2.24. The molecule has 1 rings (SSSR count). The summed E-state index contributed by atoms with van der Waals surface area (Å²) in [5, 5.41) is 0. The SMILES string of the molecule is COc1ccccc1CC(C)(N)C(C)C. The zero-order valence-electron chi connectivity index (χ0n) is 10.1. The number of rotatable bonds is 4. The number of hydrogen-bond acceptors (Lipinski definition) is 2. The van der Waals surface area contributed by atoms with Crippen molar-refractivity contribution in [2.24, 2.45) is 11.7 Å². The molecule has 0 aromatic heterocycles. The zero-order valence-corrected chi connectivity index (χ0v) is 10.1. The molecule has 1 aromatic rings. The molecule has 0 bridgehead atoms. The molecule has 0 fully saturated rings. The zero-order chi connectivity index (χ0) is 11.5. The molecule has 0 aliphatic carbocycles. The molecule has 15 heavy (non-hydrogen) atoms. The Morgan fingerprint density at radius 3 is 2.47 bits per heavy atom. The summed E-state index contributed by atoms with van der Waals surface area (Å²) in [6.07, 6.45) is 0.842. The number of para-hydroxylation sites is 1. The van der Waals surface area contributed by atoms with Crippen LogP contribution in [0.4, 0.5) is 0 Å². The minimum absolute atomic E-state index is 0.186. The number of ether oxygens (including phenoxy) is 1. The second kappa shape index (κ2) is 4.67. The predicted octanol–water partition coefficient (Wildman–Crippen LogP) is 2.61. The van der Waals surface area contributed by atoms with Crippen LogP contribution in [0.25, 0.3) is 0 Å². The average Bonchev–Trinajstić information content (AvgIpc) is 2.18. The summed E-state index contributed by atoms with van der Waals surface area (Å²) in [7, 11) is 1.70. The first-order valence-corrected chi connectivity index (χ1v) is 5.38. The van der Waals surface area contributed by atoms with E-state index in [1.807, 2.05) is 18.2 Å². The van der Waals surface area contributed by atoms with Crippen LogP contribution in [-0.4, -0.2) is 12.6 Å². The van der Waals surface area contributed by atoms with Gasteiger partial charge in [-0.15, -0.1) is 0 Å². The summed E-state index contributed by atoms with van der Waals surface area (Å²) in [5.74, 6) is 1.37. The molecule has 0 spiro atoms. The predicted molar refractivity (Wildman–Crippen MR) is 64.1 cm³/mol.